The van der Waals surface area contributed by atoms with Crippen LogP contribution < -0.4 is 10.6 Å². The van der Waals surface area contributed by atoms with Gasteiger partial charge in [0.1, 0.15) is 11.9 Å². The molecule has 0 saturated carbocycles. The van der Waals surface area contributed by atoms with Crippen molar-refractivity contribution in [1.82, 2.24) is 15.6 Å². The van der Waals surface area contributed by atoms with Gasteiger partial charge in [-0.15, -0.1) is 0 Å². The van der Waals surface area contributed by atoms with E-state index in [-0.39, 0.29) is 16.5 Å². The lowest BCUT2D eigenvalue weighted by atomic mass is 9.75. The molecule has 39 heavy (non-hydrogen) atoms. The van der Waals surface area contributed by atoms with Crippen LogP contribution in [0.4, 0.5) is 17.6 Å². The van der Waals surface area contributed by atoms with Gasteiger partial charge < -0.3 is 20.7 Å². The Hall–Kier alpha value is -3.89. The molecule has 1 aliphatic carbocycles. The van der Waals surface area contributed by atoms with Crippen LogP contribution in [0, 0.1) is 18.7 Å². The molecular formula is C28H29F4N3O4. The first-order valence-electron chi connectivity index (χ1n) is 12.5. The van der Waals surface area contributed by atoms with Crippen LogP contribution in [0.1, 0.15) is 55.0 Å². The average Bonchev–Trinajstić information content (AvgIpc) is 3.30. The Morgan fingerprint density at radius 1 is 1.10 bits per heavy atom. The topological polar surface area (TPSA) is 111 Å². The number of hydrogen-bond acceptors (Lipinski definition) is 3. The van der Waals surface area contributed by atoms with Crippen molar-refractivity contribution in [1.29, 1.82) is 0 Å². The number of benzene rings is 2. The molecule has 2 aromatic carbocycles. The van der Waals surface area contributed by atoms with Crippen molar-refractivity contribution in [2.45, 2.75) is 63.7 Å². The van der Waals surface area contributed by atoms with Crippen molar-refractivity contribution in [3.05, 3.63) is 70.7 Å². The molecule has 2 amide bonds. The second kappa shape index (κ2) is 10.7. The second-order valence-corrected chi connectivity index (χ2v) is 9.98. The molecule has 0 aliphatic heterocycles. The van der Waals surface area contributed by atoms with Crippen LogP contribution in [0.5, 0.6) is 0 Å². The van der Waals surface area contributed by atoms with Crippen LogP contribution in [-0.2, 0) is 20.8 Å². The molecule has 0 fully saturated rings. The van der Waals surface area contributed by atoms with Crippen LogP contribution >= 0.6 is 0 Å². The summed E-state index contributed by atoms with van der Waals surface area (Å²) in [7, 11) is 0. The molecule has 0 bridgehead atoms. The predicted molar refractivity (Wildman–Crippen MR) is 136 cm³/mol. The number of H-pyrrole nitrogens is 1. The van der Waals surface area contributed by atoms with Crippen LogP contribution in [0.2, 0.25) is 0 Å². The smallest absolute Gasteiger partial charge is 0.336 e. The normalized spacial score (nSPS) is 24.0. The van der Waals surface area contributed by atoms with E-state index in [1.807, 2.05) is 5.32 Å². The third kappa shape index (κ3) is 4.74. The Morgan fingerprint density at radius 2 is 1.79 bits per heavy atom. The number of rotatable bonds is 8. The highest BCUT2D eigenvalue weighted by atomic mass is 19.2. The van der Waals surface area contributed by atoms with Gasteiger partial charge in [-0.3, -0.25) is 9.59 Å². The van der Waals surface area contributed by atoms with Crippen molar-refractivity contribution >= 4 is 28.7 Å². The van der Waals surface area contributed by atoms with E-state index in [0.29, 0.717) is 17.5 Å². The van der Waals surface area contributed by atoms with Gasteiger partial charge in [-0.25, -0.2) is 22.4 Å². The molecule has 0 saturated heterocycles. The Balaban J connectivity index is 1.69. The molecule has 0 spiro atoms. The molecule has 1 aromatic heterocycles. The molecular weight excluding hydrogens is 518 g/mol. The molecule has 4 N–H and O–H groups in total. The van der Waals surface area contributed by atoms with Gasteiger partial charge in [0.15, 0.2) is 18.5 Å². The van der Waals surface area contributed by atoms with E-state index < -0.39 is 71.7 Å². The minimum atomic E-state index is -3.32. The summed E-state index contributed by atoms with van der Waals surface area (Å²) in [6.07, 6.45) is -8.38. The van der Waals surface area contributed by atoms with E-state index in [4.69, 9.17) is 0 Å². The fourth-order valence-electron chi connectivity index (χ4n) is 5.08. The Morgan fingerprint density at radius 3 is 2.44 bits per heavy atom. The fraction of sp³-hybridized carbons (Fsp3) is 0.393. The third-order valence-corrected chi connectivity index (χ3v) is 7.54. The lowest BCUT2D eigenvalue weighted by molar-refractivity contribution is -0.160. The van der Waals surface area contributed by atoms with Crippen molar-refractivity contribution in [2.75, 3.05) is 0 Å². The van der Waals surface area contributed by atoms with Gasteiger partial charge >= 0.3 is 5.97 Å². The summed E-state index contributed by atoms with van der Waals surface area (Å²) >= 11 is 0. The first-order valence-corrected chi connectivity index (χ1v) is 12.5. The van der Waals surface area contributed by atoms with Gasteiger partial charge in [-0.1, -0.05) is 56.7 Å². The summed E-state index contributed by atoms with van der Waals surface area (Å²) < 4.78 is 61.3. The molecule has 5 unspecified atom stereocenters. The molecule has 0 radical (unpaired) electrons. The largest absolute Gasteiger partial charge is 0.479 e. The lowest BCUT2D eigenvalue weighted by Crippen LogP contribution is -2.68. The highest BCUT2D eigenvalue weighted by Crippen LogP contribution is 2.51. The maximum absolute atomic E-state index is 16.2. The van der Waals surface area contributed by atoms with E-state index in [9.17, 15) is 23.9 Å². The number of carbonyl (C=O) groups excluding carboxylic acids is 2. The molecule has 4 rings (SSSR count). The number of nitrogens with one attached hydrogen (secondary N) is 3. The minimum Gasteiger partial charge on any atom is -0.479 e. The van der Waals surface area contributed by atoms with Crippen LogP contribution in [0.3, 0.4) is 0 Å². The van der Waals surface area contributed by atoms with Gasteiger partial charge in [0.25, 0.3) is 0 Å². The first kappa shape index (κ1) is 28.1. The number of fused-ring (bicyclic) bond motifs is 3. The van der Waals surface area contributed by atoms with Crippen LogP contribution in [0.25, 0.3) is 10.9 Å². The number of amides is 2. The van der Waals surface area contributed by atoms with Crippen LogP contribution in [-0.4, -0.2) is 45.6 Å². The molecule has 6 atom stereocenters. The number of aliphatic carboxylic acids is 1. The molecule has 11 heteroatoms. The van der Waals surface area contributed by atoms with Gasteiger partial charge in [0.05, 0.1) is 12.1 Å². The zero-order valence-corrected chi connectivity index (χ0v) is 21.5. The van der Waals surface area contributed by atoms with Gasteiger partial charge in [-0.2, -0.15) is 0 Å². The number of hydrogen-bond donors (Lipinski definition) is 4. The van der Waals surface area contributed by atoms with Gasteiger partial charge in [0, 0.05) is 16.5 Å². The Kier molecular flexibility index (Phi) is 7.72. The zero-order chi connectivity index (χ0) is 28.6. The number of aryl methyl sites for hydroxylation is 1. The third-order valence-electron chi connectivity index (χ3n) is 7.54. The standard InChI is InChI=1S/C28H29F4N3O4/c1-4-13(2)22(33-18(36)12-15-9-5-6-11-17(15)29)26(37)35-28(27(38)39)24(31)19-16-10-7-8-14(3)21(16)34-23(19)20(30)25(28)32/h5-11,13,20,22,24-25,34H,4,12H2,1-3H3,(H,33,36)(H,35,37)(H,38,39)/t13?,20-,22?,24?,25?,28?/m1/s1. The minimum absolute atomic E-state index is 0.0580. The van der Waals surface area contributed by atoms with E-state index in [1.165, 1.54) is 24.3 Å². The Bertz CT molecular complexity index is 1430. The summed E-state index contributed by atoms with van der Waals surface area (Å²) in [6.45, 7) is 4.93. The van der Waals surface area contributed by atoms with Crippen molar-refractivity contribution < 1.29 is 37.1 Å². The predicted octanol–water partition coefficient (Wildman–Crippen LogP) is 4.70. The number of carbonyl (C=O) groups is 3. The molecule has 1 aliphatic rings. The molecule has 3 aromatic rings. The summed E-state index contributed by atoms with van der Waals surface area (Å²) in [4.78, 5) is 41.3. The summed E-state index contributed by atoms with van der Waals surface area (Å²) in [5, 5.41) is 14.6. The van der Waals surface area contributed by atoms with E-state index in [0.717, 1.165) is 6.07 Å². The number of carboxylic acids is 1. The highest BCUT2D eigenvalue weighted by molar-refractivity contribution is 5.96. The van der Waals surface area contributed by atoms with Gasteiger partial charge in [0.2, 0.25) is 17.4 Å². The lowest BCUT2D eigenvalue weighted by Gasteiger charge is -2.42. The first-order chi connectivity index (χ1) is 18.4. The zero-order valence-electron chi connectivity index (χ0n) is 21.5. The van der Waals surface area contributed by atoms with Gasteiger partial charge in [-0.05, 0) is 30.0 Å². The molecule has 1 heterocycles. The van der Waals surface area contributed by atoms with E-state index >= 15 is 13.2 Å². The fourth-order valence-corrected chi connectivity index (χ4v) is 5.08. The summed E-state index contributed by atoms with van der Waals surface area (Å²) in [5.74, 6) is -5.33. The average molecular weight is 548 g/mol. The van der Waals surface area contributed by atoms with Crippen molar-refractivity contribution in [2.24, 2.45) is 5.92 Å². The number of para-hydroxylation sites is 1. The molecule has 208 valence electrons. The number of aromatic amines is 1. The van der Waals surface area contributed by atoms with Crippen molar-refractivity contribution in [3.63, 3.8) is 0 Å². The number of alkyl halides is 3. The highest BCUT2D eigenvalue weighted by Gasteiger charge is 2.64. The van der Waals surface area contributed by atoms with E-state index in [1.54, 1.807) is 32.9 Å². The SMILES string of the molecule is CCC(C)C(NC(=O)Cc1ccccc1F)C(=O)NC1(C(=O)O)C(F)c2c([nH]c3c(C)cccc23)[C@@H](F)C1F. The number of halogens is 4. The van der Waals surface area contributed by atoms with Crippen molar-refractivity contribution in [3.8, 4) is 0 Å². The summed E-state index contributed by atoms with van der Waals surface area (Å²) in [5.41, 5.74) is -3.14. The monoisotopic (exact) mass is 547 g/mol. The van der Waals surface area contributed by atoms with E-state index in [2.05, 4.69) is 10.3 Å². The maximum atomic E-state index is 16.2. The maximum Gasteiger partial charge on any atom is 0.336 e. The Labute approximate surface area is 222 Å². The quantitative estimate of drug-likeness (QED) is 0.307. The van der Waals surface area contributed by atoms with Crippen LogP contribution in [0.15, 0.2) is 42.5 Å². The number of carboxylic acid groups (broad SMARTS) is 1. The second-order valence-electron chi connectivity index (χ2n) is 9.98. The summed E-state index contributed by atoms with van der Waals surface area (Å²) in [6, 6.07) is 8.78. The molecule has 7 nitrogen and oxygen atoms in total. The number of aromatic nitrogens is 1.